The van der Waals surface area contributed by atoms with Crippen LogP contribution in [0.15, 0.2) is 0 Å². The minimum Gasteiger partial charge on any atom is -0.385 e. The fourth-order valence-electron chi connectivity index (χ4n) is 1.88. The maximum atomic E-state index is 6.14. The van der Waals surface area contributed by atoms with Gasteiger partial charge in [-0.15, -0.1) is 0 Å². The number of rotatable bonds is 14. The zero-order chi connectivity index (χ0) is 14.3. The molecule has 0 saturated carbocycles. The minimum absolute atomic E-state index is 0.193. The van der Waals surface area contributed by atoms with Crippen LogP contribution in [0.2, 0.25) is 0 Å². The molecule has 0 radical (unpaired) electrons. The number of nitrogens with two attached hydrogens (primary N) is 1. The van der Waals surface area contributed by atoms with Crippen molar-refractivity contribution in [2.45, 2.75) is 32.7 Å². The summed E-state index contributed by atoms with van der Waals surface area (Å²) in [6.45, 7) is 10.6. The molecule has 0 aliphatic carbocycles. The van der Waals surface area contributed by atoms with E-state index >= 15 is 0 Å². The molecule has 0 aliphatic rings. The molecule has 0 aromatic heterocycles. The highest BCUT2D eigenvalue weighted by molar-refractivity contribution is 4.68. The van der Waals surface area contributed by atoms with Gasteiger partial charge >= 0.3 is 0 Å². The van der Waals surface area contributed by atoms with Crippen molar-refractivity contribution in [3.05, 3.63) is 0 Å². The van der Waals surface area contributed by atoms with Gasteiger partial charge in [-0.25, -0.2) is 0 Å². The zero-order valence-electron chi connectivity index (χ0n) is 12.9. The number of hydrogen-bond acceptors (Lipinski definition) is 5. The molecule has 0 rings (SSSR count). The van der Waals surface area contributed by atoms with Crippen LogP contribution >= 0.6 is 0 Å². The van der Waals surface area contributed by atoms with E-state index in [-0.39, 0.29) is 6.04 Å². The summed E-state index contributed by atoms with van der Waals surface area (Å²) in [5, 5.41) is 0. The average molecular weight is 276 g/mol. The first-order chi connectivity index (χ1) is 9.24. The lowest BCUT2D eigenvalue weighted by atomic mass is 10.1. The predicted molar refractivity (Wildman–Crippen MR) is 78.5 cm³/mol. The third-order valence-corrected chi connectivity index (χ3v) is 2.93. The van der Waals surface area contributed by atoms with E-state index in [2.05, 4.69) is 4.90 Å². The number of methoxy groups -OCH3 is 1. The Kier molecular flexibility index (Phi) is 14.1. The van der Waals surface area contributed by atoms with Crippen molar-refractivity contribution in [1.29, 1.82) is 0 Å². The summed E-state index contributed by atoms with van der Waals surface area (Å²) < 4.78 is 15.9. The normalized spacial score (nSPS) is 13.1. The first-order valence-electron chi connectivity index (χ1n) is 7.36. The molecule has 0 amide bonds. The van der Waals surface area contributed by atoms with Crippen LogP contribution in [0.5, 0.6) is 0 Å². The van der Waals surface area contributed by atoms with Crippen LogP contribution in [0.4, 0.5) is 0 Å². The Bertz CT molecular complexity index is 172. The van der Waals surface area contributed by atoms with Crippen LogP contribution in [0.1, 0.15) is 26.7 Å². The third kappa shape index (κ3) is 12.6. The van der Waals surface area contributed by atoms with E-state index in [0.29, 0.717) is 0 Å². The summed E-state index contributed by atoms with van der Waals surface area (Å²) >= 11 is 0. The molecule has 1 unspecified atom stereocenters. The van der Waals surface area contributed by atoms with Crippen molar-refractivity contribution in [2.24, 2.45) is 5.73 Å². The Morgan fingerprint density at radius 2 is 1.58 bits per heavy atom. The monoisotopic (exact) mass is 276 g/mol. The van der Waals surface area contributed by atoms with Crippen molar-refractivity contribution in [3.8, 4) is 0 Å². The van der Waals surface area contributed by atoms with Crippen molar-refractivity contribution in [1.82, 2.24) is 4.90 Å². The molecule has 0 aromatic carbocycles. The number of ether oxygens (including phenoxy) is 3. The molecule has 5 nitrogen and oxygen atoms in total. The maximum Gasteiger partial charge on any atom is 0.0593 e. The van der Waals surface area contributed by atoms with Crippen LogP contribution < -0.4 is 5.73 Å². The Balaban J connectivity index is 3.86. The van der Waals surface area contributed by atoms with Gasteiger partial charge in [0.05, 0.1) is 13.2 Å². The Labute approximate surface area is 118 Å². The van der Waals surface area contributed by atoms with Crippen LogP contribution in [0.25, 0.3) is 0 Å². The lowest BCUT2D eigenvalue weighted by Crippen LogP contribution is -2.41. The predicted octanol–water partition coefficient (Wildman–Crippen LogP) is 1.12. The van der Waals surface area contributed by atoms with Crippen LogP contribution in [-0.2, 0) is 14.2 Å². The van der Waals surface area contributed by atoms with Gasteiger partial charge in [0.1, 0.15) is 0 Å². The molecular formula is C14H32N2O3. The largest absolute Gasteiger partial charge is 0.385 e. The molecule has 5 heteroatoms. The molecule has 0 saturated heterocycles. The van der Waals surface area contributed by atoms with Gasteiger partial charge in [-0.1, -0.05) is 0 Å². The molecule has 0 aromatic rings. The van der Waals surface area contributed by atoms with Gasteiger partial charge in [-0.3, -0.25) is 4.90 Å². The molecular weight excluding hydrogens is 244 g/mol. The van der Waals surface area contributed by atoms with E-state index in [4.69, 9.17) is 19.9 Å². The highest BCUT2D eigenvalue weighted by Gasteiger charge is 2.10. The average Bonchev–Trinajstić information content (AvgIpc) is 2.39. The van der Waals surface area contributed by atoms with E-state index < -0.39 is 0 Å². The summed E-state index contributed by atoms with van der Waals surface area (Å²) in [6.07, 6.45) is 2.01. The smallest absolute Gasteiger partial charge is 0.0593 e. The molecule has 2 N–H and O–H groups in total. The Morgan fingerprint density at radius 3 is 2.05 bits per heavy atom. The van der Waals surface area contributed by atoms with Gasteiger partial charge in [0, 0.05) is 52.6 Å². The van der Waals surface area contributed by atoms with E-state index in [1.807, 2.05) is 13.8 Å². The van der Waals surface area contributed by atoms with Crippen molar-refractivity contribution >= 4 is 0 Å². The number of nitrogens with zero attached hydrogens (tertiary/aromatic N) is 1. The molecule has 0 aliphatic heterocycles. The first-order valence-corrected chi connectivity index (χ1v) is 7.36. The molecule has 0 bridgehead atoms. The van der Waals surface area contributed by atoms with Gasteiger partial charge in [-0.05, 0) is 26.7 Å². The Morgan fingerprint density at radius 1 is 1.00 bits per heavy atom. The van der Waals surface area contributed by atoms with Gasteiger partial charge in [0.25, 0.3) is 0 Å². The third-order valence-electron chi connectivity index (χ3n) is 2.93. The minimum atomic E-state index is 0.193. The summed E-state index contributed by atoms with van der Waals surface area (Å²) in [7, 11) is 1.72. The van der Waals surface area contributed by atoms with E-state index in [1.54, 1.807) is 7.11 Å². The second kappa shape index (κ2) is 14.2. The fraction of sp³-hybridized carbons (Fsp3) is 1.00. The maximum absolute atomic E-state index is 6.14. The summed E-state index contributed by atoms with van der Waals surface area (Å²) in [5.74, 6) is 0. The van der Waals surface area contributed by atoms with Crippen molar-refractivity contribution in [3.63, 3.8) is 0 Å². The van der Waals surface area contributed by atoms with Crippen molar-refractivity contribution < 1.29 is 14.2 Å². The standard InChI is InChI=1S/C14H32N2O3/c1-4-18-11-8-16(9-12-19-5-2)13-14(15)7-6-10-17-3/h14H,4-13,15H2,1-3H3. The molecule has 0 fully saturated rings. The molecule has 0 spiro atoms. The molecule has 1 atom stereocenters. The van der Waals surface area contributed by atoms with E-state index in [1.165, 1.54) is 0 Å². The van der Waals surface area contributed by atoms with Crippen LogP contribution in [-0.4, -0.2) is 70.7 Å². The summed E-state index contributed by atoms with van der Waals surface area (Å²) in [4.78, 5) is 2.32. The van der Waals surface area contributed by atoms with Crippen molar-refractivity contribution in [2.75, 3.05) is 59.8 Å². The van der Waals surface area contributed by atoms with Crippen LogP contribution in [0.3, 0.4) is 0 Å². The quantitative estimate of drug-likeness (QED) is 0.482. The molecule has 0 heterocycles. The summed E-state index contributed by atoms with van der Waals surface area (Å²) in [6, 6.07) is 0.193. The Hall–Kier alpha value is -0.200. The lowest BCUT2D eigenvalue weighted by Gasteiger charge is -2.25. The molecule has 116 valence electrons. The SMILES string of the molecule is CCOCCN(CCOCC)CC(N)CCCOC. The molecule has 19 heavy (non-hydrogen) atoms. The van der Waals surface area contributed by atoms with Gasteiger partial charge in [0.15, 0.2) is 0 Å². The van der Waals surface area contributed by atoms with E-state index in [9.17, 15) is 0 Å². The van der Waals surface area contributed by atoms with Gasteiger partial charge in [-0.2, -0.15) is 0 Å². The first kappa shape index (κ1) is 18.8. The zero-order valence-corrected chi connectivity index (χ0v) is 12.9. The van der Waals surface area contributed by atoms with Gasteiger partial charge < -0.3 is 19.9 Å². The number of hydrogen-bond donors (Lipinski definition) is 1. The van der Waals surface area contributed by atoms with E-state index in [0.717, 1.165) is 65.5 Å². The second-order valence-corrected chi connectivity index (χ2v) is 4.59. The van der Waals surface area contributed by atoms with Gasteiger partial charge in [0.2, 0.25) is 0 Å². The summed E-state index contributed by atoms with van der Waals surface area (Å²) in [5.41, 5.74) is 6.14. The second-order valence-electron chi connectivity index (χ2n) is 4.59. The topological polar surface area (TPSA) is 57.0 Å². The fourth-order valence-corrected chi connectivity index (χ4v) is 1.88. The highest BCUT2D eigenvalue weighted by atomic mass is 16.5. The highest BCUT2D eigenvalue weighted by Crippen LogP contribution is 1.99. The van der Waals surface area contributed by atoms with Crippen LogP contribution in [0, 0.1) is 0 Å². The lowest BCUT2D eigenvalue weighted by molar-refractivity contribution is 0.0793.